The maximum absolute atomic E-state index is 12.7. The molecule has 27 heavy (non-hydrogen) atoms. The number of unbranched alkanes of at least 4 members (excludes halogenated alkanes) is 3. The van der Waals surface area contributed by atoms with E-state index in [1.165, 1.54) is 19.3 Å². The van der Waals surface area contributed by atoms with Gasteiger partial charge >= 0.3 is 18.9 Å². The second kappa shape index (κ2) is 12.5. The summed E-state index contributed by atoms with van der Waals surface area (Å²) in [5, 5.41) is 1.42. The second-order valence-corrected chi connectivity index (χ2v) is 7.81. The minimum atomic E-state index is -0.0243. The molecule has 0 radical (unpaired) electrons. The Morgan fingerprint density at radius 1 is 1.15 bits per heavy atom. The van der Waals surface area contributed by atoms with Crippen molar-refractivity contribution in [1.82, 2.24) is 0 Å². The van der Waals surface area contributed by atoms with Crippen LogP contribution in [0, 0.1) is 6.92 Å². The van der Waals surface area contributed by atoms with Gasteiger partial charge in [0.1, 0.15) is 11.5 Å². The van der Waals surface area contributed by atoms with E-state index in [4.69, 9.17) is 21.1 Å². The molecule has 1 unspecified atom stereocenters. The van der Waals surface area contributed by atoms with Crippen LogP contribution in [0.3, 0.4) is 0 Å². The molecule has 0 fully saturated rings. The van der Waals surface area contributed by atoms with Crippen LogP contribution in [-0.4, -0.2) is 38.1 Å². The topological polar surface area (TPSA) is 35.5 Å². The Balaban J connectivity index is 0.00000364. The van der Waals surface area contributed by atoms with E-state index in [0.29, 0.717) is 16.3 Å². The third-order valence-electron chi connectivity index (χ3n) is 4.14. The summed E-state index contributed by atoms with van der Waals surface area (Å²) < 4.78 is 11.1. The summed E-state index contributed by atoms with van der Waals surface area (Å²) in [5.41, 5.74) is 1.48. The van der Waals surface area contributed by atoms with Crippen LogP contribution in [0.1, 0.15) is 48.5 Å². The molecule has 0 aromatic heterocycles. The van der Waals surface area contributed by atoms with Gasteiger partial charge in [0.25, 0.3) is 0 Å². The van der Waals surface area contributed by atoms with Crippen LogP contribution >= 0.6 is 20.2 Å². The third kappa shape index (κ3) is 7.17. The van der Waals surface area contributed by atoms with Gasteiger partial charge in [-0.1, -0.05) is 49.9 Å². The summed E-state index contributed by atoms with van der Waals surface area (Å²) in [4.78, 5) is 12.7. The Hall–Kier alpha value is -0.973. The first-order valence-electron chi connectivity index (χ1n) is 8.94. The molecular weight excluding hydrogens is 374 g/mol. The van der Waals surface area contributed by atoms with Gasteiger partial charge in [0.15, 0.2) is 5.52 Å². The SMILES string of the molecule is CCCCCCOc1ccc(PC(=O)c2c(Cl)cccc2OC)c(C)c1.[LiH]. The Bertz CT molecular complexity index is 752. The number of carbonyl (C=O) groups excluding carboxylic acids is 1. The first kappa shape index (κ1) is 24.1. The standard InChI is InChI=1S/C21H26ClO3P.Li.H/c1-4-5-6-7-13-25-16-11-12-19(15(2)14-16)26-21(23)20-17(22)9-8-10-18(20)24-3;;/h8-12,14,26H,4-7,13H2,1-3H3;;. The number of hydrogen-bond acceptors (Lipinski definition) is 3. The van der Waals surface area contributed by atoms with E-state index in [1.807, 2.05) is 25.1 Å². The molecule has 0 amide bonds. The van der Waals surface area contributed by atoms with Crippen LogP contribution in [0.4, 0.5) is 0 Å². The van der Waals surface area contributed by atoms with Crippen LogP contribution in [0.5, 0.6) is 11.5 Å². The zero-order valence-corrected chi connectivity index (χ0v) is 17.4. The van der Waals surface area contributed by atoms with Gasteiger partial charge in [-0.05, 0) is 57.1 Å². The average molecular weight is 401 g/mol. The molecule has 0 N–H and O–H groups in total. The summed E-state index contributed by atoms with van der Waals surface area (Å²) in [6, 6.07) is 11.1. The predicted octanol–water partition coefficient (Wildman–Crippen LogP) is 5.11. The van der Waals surface area contributed by atoms with Crippen molar-refractivity contribution in [3.63, 3.8) is 0 Å². The molecule has 3 nitrogen and oxygen atoms in total. The van der Waals surface area contributed by atoms with E-state index in [9.17, 15) is 4.79 Å². The van der Waals surface area contributed by atoms with Crippen molar-refractivity contribution < 1.29 is 14.3 Å². The van der Waals surface area contributed by atoms with Gasteiger partial charge in [0.2, 0.25) is 0 Å². The molecule has 0 saturated heterocycles. The molecular formula is C21H27ClLiO3P. The number of aryl methyl sites for hydroxylation is 1. The number of rotatable bonds is 10. The fourth-order valence-corrected chi connectivity index (χ4v) is 4.06. The van der Waals surface area contributed by atoms with Gasteiger partial charge < -0.3 is 9.47 Å². The van der Waals surface area contributed by atoms with Crippen molar-refractivity contribution in [2.24, 2.45) is 0 Å². The molecule has 0 saturated carbocycles. The number of carbonyl (C=O) groups is 1. The Labute approximate surface area is 181 Å². The molecule has 0 aliphatic rings. The number of methoxy groups -OCH3 is 1. The molecule has 6 heteroatoms. The monoisotopic (exact) mass is 400 g/mol. The Kier molecular flexibility index (Phi) is 11.1. The number of ether oxygens (including phenoxy) is 2. The number of benzene rings is 2. The molecule has 2 rings (SSSR count). The third-order valence-corrected chi connectivity index (χ3v) is 5.76. The average Bonchev–Trinajstić information content (AvgIpc) is 2.63. The maximum atomic E-state index is 12.7. The van der Waals surface area contributed by atoms with Gasteiger partial charge in [0, 0.05) is 0 Å². The van der Waals surface area contributed by atoms with E-state index < -0.39 is 0 Å². The van der Waals surface area contributed by atoms with Gasteiger partial charge in [0.05, 0.1) is 24.3 Å². The van der Waals surface area contributed by atoms with Gasteiger partial charge in [-0.15, -0.1) is 0 Å². The van der Waals surface area contributed by atoms with Crippen LogP contribution in [0.15, 0.2) is 36.4 Å². The second-order valence-electron chi connectivity index (χ2n) is 6.16. The summed E-state index contributed by atoms with van der Waals surface area (Å²) in [6.45, 7) is 4.93. The summed E-state index contributed by atoms with van der Waals surface area (Å²) in [7, 11) is 1.54. The Morgan fingerprint density at radius 2 is 1.93 bits per heavy atom. The van der Waals surface area contributed by atoms with Crippen molar-refractivity contribution in [2.75, 3.05) is 13.7 Å². The van der Waals surface area contributed by atoms with Gasteiger partial charge in [-0.2, -0.15) is 0 Å². The summed E-state index contributed by atoms with van der Waals surface area (Å²) in [6.07, 6.45) is 4.74. The molecule has 0 heterocycles. The van der Waals surface area contributed by atoms with Crippen LogP contribution in [0.25, 0.3) is 0 Å². The first-order valence-corrected chi connectivity index (χ1v) is 10.3. The molecule has 2 aromatic rings. The van der Waals surface area contributed by atoms with E-state index in [1.54, 1.807) is 25.3 Å². The zero-order valence-electron chi connectivity index (χ0n) is 15.6. The fourth-order valence-electron chi connectivity index (χ4n) is 2.66. The van der Waals surface area contributed by atoms with E-state index >= 15 is 0 Å². The van der Waals surface area contributed by atoms with Gasteiger partial charge in [-0.3, -0.25) is 4.79 Å². The summed E-state index contributed by atoms with van der Waals surface area (Å²) >= 11 is 6.21. The minimum absolute atomic E-state index is 0. The molecule has 0 aliphatic heterocycles. The number of halogens is 1. The van der Waals surface area contributed by atoms with Crippen molar-refractivity contribution in [3.05, 3.63) is 52.5 Å². The summed E-state index contributed by atoms with van der Waals surface area (Å²) in [5.74, 6) is 1.37. The van der Waals surface area contributed by atoms with Crippen molar-refractivity contribution >= 4 is 49.9 Å². The van der Waals surface area contributed by atoms with Crippen LogP contribution in [-0.2, 0) is 0 Å². The molecule has 0 aliphatic carbocycles. The van der Waals surface area contributed by atoms with Crippen LogP contribution in [0.2, 0.25) is 5.02 Å². The van der Waals surface area contributed by atoms with Crippen molar-refractivity contribution in [1.29, 1.82) is 0 Å². The Morgan fingerprint density at radius 3 is 2.59 bits per heavy atom. The van der Waals surface area contributed by atoms with Crippen molar-refractivity contribution in [3.8, 4) is 11.5 Å². The van der Waals surface area contributed by atoms with E-state index in [-0.39, 0.29) is 33.0 Å². The first-order chi connectivity index (χ1) is 12.6. The number of hydrogen-bond donors (Lipinski definition) is 0. The van der Waals surface area contributed by atoms with Crippen molar-refractivity contribution in [2.45, 2.75) is 39.5 Å². The fraction of sp³-hybridized carbons (Fsp3) is 0.381. The molecule has 142 valence electrons. The van der Waals surface area contributed by atoms with E-state index in [0.717, 1.165) is 29.6 Å². The molecule has 2 aromatic carbocycles. The van der Waals surface area contributed by atoms with E-state index in [2.05, 4.69) is 6.92 Å². The quantitative estimate of drug-likeness (QED) is 0.316. The predicted molar refractivity (Wildman–Crippen MR) is 118 cm³/mol. The molecule has 0 bridgehead atoms. The zero-order chi connectivity index (χ0) is 18.9. The van der Waals surface area contributed by atoms with Crippen LogP contribution < -0.4 is 14.8 Å². The van der Waals surface area contributed by atoms with Gasteiger partial charge in [-0.25, -0.2) is 0 Å². The molecule has 0 spiro atoms. The normalized spacial score (nSPS) is 10.7. The molecule has 1 atom stereocenters.